The monoisotopic (exact) mass is 345 g/mol. The number of aryl methyl sites for hydroxylation is 1. The zero-order valence-electron chi connectivity index (χ0n) is 14.1. The fraction of sp³-hybridized carbons (Fsp3) is 0.444. The number of carbonyl (C=O) groups excluding carboxylic acids is 1. The van der Waals surface area contributed by atoms with Crippen molar-refractivity contribution in [2.24, 2.45) is 0 Å². The van der Waals surface area contributed by atoms with Gasteiger partial charge in [0.05, 0.1) is 18.7 Å². The van der Waals surface area contributed by atoms with Gasteiger partial charge >= 0.3 is 0 Å². The van der Waals surface area contributed by atoms with E-state index in [4.69, 9.17) is 4.74 Å². The summed E-state index contributed by atoms with van der Waals surface area (Å²) in [6.45, 7) is 4.33. The van der Waals surface area contributed by atoms with E-state index < -0.39 is 0 Å². The van der Waals surface area contributed by atoms with Gasteiger partial charge in [-0.3, -0.25) is 9.69 Å². The molecule has 0 radical (unpaired) electrons. The van der Waals surface area contributed by atoms with Crippen molar-refractivity contribution in [3.63, 3.8) is 0 Å². The molecule has 5 nitrogen and oxygen atoms in total. The van der Waals surface area contributed by atoms with Gasteiger partial charge in [0.15, 0.2) is 0 Å². The zero-order valence-corrected chi connectivity index (χ0v) is 14.9. The summed E-state index contributed by atoms with van der Waals surface area (Å²) >= 11 is 1.73. The lowest BCUT2D eigenvalue weighted by molar-refractivity contribution is -0.117. The molecule has 2 aromatic rings. The van der Waals surface area contributed by atoms with E-state index in [1.54, 1.807) is 18.4 Å². The molecule has 1 aliphatic rings. The van der Waals surface area contributed by atoms with Crippen LogP contribution in [0.1, 0.15) is 29.5 Å². The molecule has 1 aliphatic heterocycles. The largest absolute Gasteiger partial charge is 0.497 e. The van der Waals surface area contributed by atoms with Gasteiger partial charge in [-0.2, -0.15) is 0 Å². The minimum absolute atomic E-state index is 0.0242. The van der Waals surface area contributed by atoms with Gasteiger partial charge in [-0.25, -0.2) is 4.98 Å². The average Bonchev–Trinajstić information content (AvgIpc) is 3.02. The Morgan fingerprint density at radius 2 is 2.21 bits per heavy atom. The lowest BCUT2D eigenvalue weighted by Gasteiger charge is -2.31. The third-order valence-electron chi connectivity index (χ3n) is 4.23. The Bertz CT molecular complexity index is 684. The highest BCUT2D eigenvalue weighted by molar-refractivity contribution is 7.09. The number of amides is 1. The van der Waals surface area contributed by atoms with E-state index in [2.05, 4.69) is 20.6 Å². The summed E-state index contributed by atoms with van der Waals surface area (Å²) in [5, 5.41) is 6.25. The Morgan fingerprint density at radius 3 is 2.88 bits per heavy atom. The van der Waals surface area contributed by atoms with E-state index in [0.717, 1.165) is 43.1 Å². The molecule has 1 saturated heterocycles. The minimum Gasteiger partial charge on any atom is -0.497 e. The number of likely N-dealkylation sites (tertiary alicyclic amines) is 1. The molecular formula is C18H23N3O2S. The maximum atomic E-state index is 12.3. The molecule has 0 bridgehead atoms. The molecule has 0 saturated carbocycles. The maximum Gasteiger partial charge on any atom is 0.238 e. The number of benzene rings is 1. The number of nitrogens with zero attached hydrogens (tertiary/aromatic N) is 2. The van der Waals surface area contributed by atoms with Crippen LogP contribution in [0.4, 0.5) is 5.69 Å². The minimum atomic E-state index is 0.0242. The van der Waals surface area contributed by atoms with Crippen molar-refractivity contribution in [2.45, 2.75) is 25.7 Å². The van der Waals surface area contributed by atoms with Gasteiger partial charge in [0, 0.05) is 29.2 Å². The van der Waals surface area contributed by atoms with Gasteiger partial charge in [-0.15, -0.1) is 11.3 Å². The van der Waals surface area contributed by atoms with Crippen molar-refractivity contribution < 1.29 is 9.53 Å². The van der Waals surface area contributed by atoms with Crippen LogP contribution in [0.5, 0.6) is 5.75 Å². The van der Waals surface area contributed by atoms with Crippen LogP contribution in [-0.4, -0.2) is 42.5 Å². The van der Waals surface area contributed by atoms with Crippen molar-refractivity contribution in [2.75, 3.05) is 32.1 Å². The van der Waals surface area contributed by atoms with E-state index in [-0.39, 0.29) is 5.91 Å². The molecule has 0 aliphatic carbocycles. The second-order valence-corrected chi connectivity index (χ2v) is 7.07. The fourth-order valence-corrected chi connectivity index (χ4v) is 3.96. The van der Waals surface area contributed by atoms with Crippen LogP contribution < -0.4 is 10.1 Å². The van der Waals surface area contributed by atoms with Crippen LogP contribution in [0, 0.1) is 6.92 Å². The van der Waals surface area contributed by atoms with E-state index >= 15 is 0 Å². The van der Waals surface area contributed by atoms with Crippen molar-refractivity contribution in [3.05, 3.63) is 40.3 Å². The Hall–Kier alpha value is -1.92. The predicted molar refractivity (Wildman–Crippen MR) is 96.9 cm³/mol. The molecule has 1 aromatic heterocycles. The van der Waals surface area contributed by atoms with Gasteiger partial charge in [0.25, 0.3) is 0 Å². The fourth-order valence-electron chi connectivity index (χ4n) is 3.04. The predicted octanol–water partition coefficient (Wildman–Crippen LogP) is 3.28. The quantitative estimate of drug-likeness (QED) is 0.903. The van der Waals surface area contributed by atoms with E-state index in [1.807, 2.05) is 31.2 Å². The number of methoxy groups -OCH3 is 1. The molecule has 1 fully saturated rings. The summed E-state index contributed by atoms with van der Waals surface area (Å²) in [6.07, 6.45) is 2.27. The van der Waals surface area contributed by atoms with Gasteiger partial charge in [-0.05, 0) is 50.6 Å². The zero-order chi connectivity index (χ0) is 16.9. The molecule has 1 aromatic carbocycles. The third-order valence-corrected chi connectivity index (χ3v) is 5.36. The van der Waals surface area contributed by atoms with Crippen molar-refractivity contribution in [1.82, 2.24) is 9.88 Å². The molecule has 1 atom stereocenters. The number of thiazole rings is 1. The normalized spacial score (nSPS) is 18.3. The molecule has 0 spiro atoms. The number of carbonyl (C=O) groups is 1. The number of anilines is 1. The Morgan fingerprint density at radius 1 is 1.42 bits per heavy atom. The highest BCUT2D eigenvalue weighted by Crippen LogP contribution is 2.29. The number of piperidine rings is 1. The average molecular weight is 345 g/mol. The second-order valence-electron chi connectivity index (χ2n) is 6.18. The summed E-state index contributed by atoms with van der Waals surface area (Å²) in [4.78, 5) is 19.1. The summed E-state index contributed by atoms with van der Waals surface area (Å²) in [7, 11) is 1.63. The lowest BCUT2D eigenvalue weighted by Crippen LogP contribution is -2.39. The van der Waals surface area contributed by atoms with E-state index in [0.29, 0.717) is 12.5 Å². The van der Waals surface area contributed by atoms with Crippen molar-refractivity contribution in [1.29, 1.82) is 0 Å². The second kappa shape index (κ2) is 7.77. The molecule has 1 amide bonds. The first-order valence-electron chi connectivity index (χ1n) is 8.22. The summed E-state index contributed by atoms with van der Waals surface area (Å²) in [6, 6.07) is 7.40. The van der Waals surface area contributed by atoms with Gasteiger partial charge in [0.1, 0.15) is 5.75 Å². The summed E-state index contributed by atoms with van der Waals surface area (Å²) in [5.74, 6) is 1.26. The number of hydrogen-bond donors (Lipinski definition) is 1. The third kappa shape index (κ3) is 4.33. The van der Waals surface area contributed by atoms with Crippen LogP contribution in [0.2, 0.25) is 0 Å². The van der Waals surface area contributed by atoms with Crippen molar-refractivity contribution >= 4 is 22.9 Å². The van der Waals surface area contributed by atoms with Gasteiger partial charge < -0.3 is 10.1 Å². The number of nitrogens with one attached hydrogen (secondary N) is 1. The number of rotatable bonds is 5. The molecule has 1 unspecified atom stereocenters. The molecule has 24 heavy (non-hydrogen) atoms. The number of aromatic nitrogens is 1. The maximum absolute atomic E-state index is 12.3. The Labute approximate surface area is 146 Å². The van der Waals surface area contributed by atoms with Crippen LogP contribution in [0.3, 0.4) is 0 Å². The Kier molecular flexibility index (Phi) is 5.48. The highest BCUT2D eigenvalue weighted by Gasteiger charge is 2.24. The van der Waals surface area contributed by atoms with E-state index in [1.165, 1.54) is 5.01 Å². The topological polar surface area (TPSA) is 54.5 Å². The molecular weight excluding hydrogens is 322 g/mol. The summed E-state index contributed by atoms with van der Waals surface area (Å²) in [5.41, 5.74) is 1.88. The number of hydrogen-bond acceptors (Lipinski definition) is 5. The molecule has 6 heteroatoms. The van der Waals surface area contributed by atoms with E-state index in [9.17, 15) is 4.79 Å². The smallest absolute Gasteiger partial charge is 0.238 e. The highest BCUT2D eigenvalue weighted by atomic mass is 32.1. The molecule has 2 heterocycles. The van der Waals surface area contributed by atoms with Gasteiger partial charge in [-0.1, -0.05) is 0 Å². The van der Waals surface area contributed by atoms with Crippen LogP contribution in [-0.2, 0) is 4.79 Å². The molecule has 128 valence electrons. The Balaban J connectivity index is 1.53. The van der Waals surface area contributed by atoms with Crippen LogP contribution in [0.15, 0.2) is 29.6 Å². The first-order chi connectivity index (χ1) is 11.6. The molecule has 3 rings (SSSR count). The van der Waals surface area contributed by atoms with Crippen LogP contribution in [0.25, 0.3) is 0 Å². The molecule has 1 N–H and O–H groups in total. The standard InChI is InChI=1S/C18H23N3O2S/c1-13-12-24-18(19-13)14-4-3-9-21(10-14)11-17(22)20-15-5-7-16(23-2)8-6-15/h5-8,12,14H,3-4,9-11H2,1-2H3,(H,20,22). The van der Waals surface area contributed by atoms with Crippen LogP contribution >= 0.6 is 11.3 Å². The number of ether oxygens (including phenoxy) is 1. The van der Waals surface area contributed by atoms with Gasteiger partial charge in [0.2, 0.25) is 5.91 Å². The SMILES string of the molecule is COc1ccc(NC(=O)CN2CCCC(c3nc(C)cs3)C2)cc1. The van der Waals surface area contributed by atoms with Crippen molar-refractivity contribution in [3.8, 4) is 5.75 Å². The first-order valence-corrected chi connectivity index (χ1v) is 9.10. The summed E-state index contributed by atoms with van der Waals surface area (Å²) < 4.78 is 5.13. The first kappa shape index (κ1) is 16.9. The lowest BCUT2D eigenvalue weighted by atomic mass is 9.99.